The van der Waals surface area contributed by atoms with Crippen LogP contribution in [0.5, 0.6) is 5.75 Å². The number of hydrogen-bond acceptors (Lipinski definition) is 2. The fraction of sp³-hybridized carbons (Fsp3) is 0.647. The average molecular weight is 330 g/mol. The van der Waals surface area contributed by atoms with Gasteiger partial charge in [-0.25, -0.2) is 0 Å². The highest BCUT2D eigenvalue weighted by atomic mass is 35.5. The molecule has 1 fully saturated rings. The molecule has 118 valence electrons. The molecule has 21 heavy (non-hydrogen) atoms. The van der Waals surface area contributed by atoms with Gasteiger partial charge in [-0.1, -0.05) is 49.9 Å². The molecule has 2 atom stereocenters. The van der Waals surface area contributed by atoms with Crippen molar-refractivity contribution in [1.82, 2.24) is 5.32 Å². The Bertz CT molecular complexity index is 502. The number of rotatable bonds is 4. The molecule has 0 bridgehead atoms. The highest BCUT2D eigenvalue weighted by Gasteiger charge is 2.38. The monoisotopic (exact) mass is 329 g/mol. The second-order valence-corrected chi connectivity index (χ2v) is 7.43. The Morgan fingerprint density at radius 2 is 1.95 bits per heavy atom. The minimum Gasteiger partial charge on any atom is -0.495 e. The summed E-state index contributed by atoms with van der Waals surface area (Å²) in [6.07, 6.45) is 5.08. The van der Waals surface area contributed by atoms with Crippen LogP contribution in [0, 0.1) is 11.3 Å². The summed E-state index contributed by atoms with van der Waals surface area (Å²) in [6, 6.07) is 3.99. The third-order valence-electron chi connectivity index (χ3n) is 4.91. The van der Waals surface area contributed by atoms with Crippen LogP contribution < -0.4 is 10.1 Å². The zero-order chi connectivity index (χ0) is 15.6. The molecule has 0 radical (unpaired) electrons. The van der Waals surface area contributed by atoms with Crippen molar-refractivity contribution < 1.29 is 4.74 Å². The SMILES string of the molecule is CNC(c1cc(Cl)c(OC)cc1Cl)C1CCCCC1(C)C. The van der Waals surface area contributed by atoms with Crippen molar-refractivity contribution in [1.29, 1.82) is 0 Å². The lowest BCUT2D eigenvalue weighted by Crippen LogP contribution is -2.38. The maximum atomic E-state index is 6.49. The number of nitrogens with one attached hydrogen (secondary N) is 1. The standard InChI is InChI=1S/C17H25Cl2NO/c1-17(2)8-6-5-7-12(17)16(20-3)11-9-14(19)15(21-4)10-13(11)18/h9-10,12,16,20H,5-8H2,1-4H3. The van der Waals surface area contributed by atoms with Crippen LogP contribution in [0.2, 0.25) is 10.0 Å². The number of halogens is 2. The van der Waals surface area contributed by atoms with Gasteiger partial charge in [0.05, 0.1) is 12.1 Å². The Kier molecular flexibility index (Phi) is 5.45. The molecule has 1 aromatic rings. The lowest BCUT2D eigenvalue weighted by Gasteiger charge is -2.43. The molecule has 0 amide bonds. The van der Waals surface area contributed by atoms with Gasteiger partial charge in [0.2, 0.25) is 0 Å². The van der Waals surface area contributed by atoms with E-state index in [-0.39, 0.29) is 6.04 Å². The Hall–Kier alpha value is -0.440. The van der Waals surface area contributed by atoms with Gasteiger partial charge in [0.15, 0.2) is 0 Å². The van der Waals surface area contributed by atoms with E-state index in [2.05, 4.69) is 19.2 Å². The maximum Gasteiger partial charge on any atom is 0.138 e. The summed E-state index contributed by atoms with van der Waals surface area (Å²) >= 11 is 12.8. The highest BCUT2D eigenvalue weighted by molar-refractivity contribution is 6.34. The molecule has 2 unspecified atom stereocenters. The van der Waals surface area contributed by atoms with E-state index in [1.165, 1.54) is 25.7 Å². The lowest BCUT2D eigenvalue weighted by molar-refractivity contribution is 0.101. The minimum atomic E-state index is 0.219. The van der Waals surface area contributed by atoms with E-state index in [1.807, 2.05) is 19.2 Å². The highest BCUT2D eigenvalue weighted by Crippen LogP contribution is 2.48. The summed E-state index contributed by atoms with van der Waals surface area (Å²) in [5.41, 5.74) is 1.38. The van der Waals surface area contributed by atoms with E-state index in [0.717, 1.165) is 10.6 Å². The molecule has 0 saturated heterocycles. The van der Waals surface area contributed by atoms with Crippen LogP contribution in [0.1, 0.15) is 51.1 Å². The molecule has 0 spiro atoms. The smallest absolute Gasteiger partial charge is 0.138 e. The van der Waals surface area contributed by atoms with Gasteiger partial charge in [-0.3, -0.25) is 0 Å². The number of benzene rings is 1. The van der Waals surface area contributed by atoms with E-state index in [9.17, 15) is 0 Å². The normalized spacial score (nSPS) is 22.9. The van der Waals surface area contributed by atoms with Crippen LogP contribution in [0.15, 0.2) is 12.1 Å². The van der Waals surface area contributed by atoms with Gasteiger partial charge in [-0.2, -0.15) is 0 Å². The molecule has 1 aromatic carbocycles. The van der Waals surface area contributed by atoms with Crippen LogP contribution in [-0.4, -0.2) is 14.2 Å². The van der Waals surface area contributed by atoms with Crippen molar-refractivity contribution in [2.75, 3.05) is 14.2 Å². The molecule has 0 aliphatic heterocycles. The number of methoxy groups -OCH3 is 1. The summed E-state index contributed by atoms with van der Waals surface area (Å²) in [6.45, 7) is 4.72. The van der Waals surface area contributed by atoms with Gasteiger partial charge in [-0.05, 0) is 42.9 Å². The van der Waals surface area contributed by atoms with E-state index in [1.54, 1.807) is 7.11 Å². The van der Waals surface area contributed by atoms with E-state index >= 15 is 0 Å². The second kappa shape index (κ2) is 6.76. The van der Waals surface area contributed by atoms with Crippen molar-refractivity contribution in [2.24, 2.45) is 11.3 Å². The van der Waals surface area contributed by atoms with Gasteiger partial charge in [0.1, 0.15) is 5.75 Å². The Labute approximate surface area is 138 Å². The zero-order valence-electron chi connectivity index (χ0n) is 13.3. The van der Waals surface area contributed by atoms with Gasteiger partial charge >= 0.3 is 0 Å². The quantitative estimate of drug-likeness (QED) is 0.789. The maximum absolute atomic E-state index is 6.49. The molecule has 1 saturated carbocycles. The first-order valence-electron chi connectivity index (χ1n) is 7.61. The van der Waals surface area contributed by atoms with Crippen molar-refractivity contribution >= 4 is 23.2 Å². The predicted octanol–water partition coefficient (Wildman–Crippen LogP) is 5.48. The van der Waals surface area contributed by atoms with E-state index < -0.39 is 0 Å². The topological polar surface area (TPSA) is 21.3 Å². The fourth-order valence-corrected chi connectivity index (χ4v) is 4.17. The van der Waals surface area contributed by atoms with Gasteiger partial charge < -0.3 is 10.1 Å². The Morgan fingerprint density at radius 3 is 2.52 bits per heavy atom. The van der Waals surface area contributed by atoms with Gasteiger partial charge in [-0.15, -0.1) is 0 Å². The van der Waals surface area contributed by atoms with Crippen molar-refractivity contribution in [3.8, 4) is 5.75 Å². The van der Waals surface area contributed by atoms with Crippen molar-refractivity contribution in [3.63, 3.8) is 0 Å². The first-order chi connectivity index (χ1) is 9.90. The third-order valence-corrected chi connectivity index (χ3v) is 5.53. The van der Waals surface area contributed by atoms with E-state index in [0.29, 0.717) is 22.1 Å². The molecule has 1 aliphatic rings. The lowest BCUT2D eigenvalue weighted by atomic mass is 9.65. The minimum absolute atomic E-state index is 0.219. The van der Waals surface area contributed by atoms with Crippen LogP contribution in [0.4, 0.5) is 0 Å². The van der Waals surface area contributed by atoms with Crippen molar-refractivity contribution in [2.45, 2.75) is 45.6 Å². The number of ether oxygens (including phenoxy) is 1. The zero-order valence-corrected chi connectivity index (χ0v) is 14.8. The van der Waals surface area contributed by atoms with Crippen LogP contribution in [0.25, 0.3) is 0 Å². The molecule has 1 aliphatic carbocycles. The summed E-state index contributed by atoms with van der Waals surface area (Å²) in [5.74, 6) is 1.18. The van der Waals surface area contributed by atoms with Crippen LogP contribution in [0.3, 0.4) is 0 Å². The molecule has 2 rings (SSSR count). The molecular formula is C17H25Cl2NO. The Morgan fingerprint density at radius 1 is 1.24 bits per heavy atom. The predicted molar refractivity (Wildman–Crippen MR) is 90.6 cm³/mol. The van der Waals surface area contributed by atoms with Crippen LogP contribution in [-0.2, 0) is 0 Å². The molecule has 1 N–H and O–H groups in total. The summed E-state index contributed by atoms with van der Waals surface area (Å²) < 4.78 is 5.24. The third kappa shape index (κ3) is 3.49. The average Bonchev–Trinajstić information content (AvgIpc) is 2.44. The summed E-state index contributed by atoms with van der Waals surface area (Å²) in [5, 5.41) is 4.80. The summed E-state index contributed by atoms with van der Waals surface area (Å²) in [4.78, 5) is 0. The van der Waals surface area contributed by atoms with Crippen LogP contribution >= 0.6 is 23.2 Å². The largest absolute Gasteiger partial charge is 0.495 e. The molecular weight excluding hydrogens is 305 g/mol. The molecule has 0 aromatic heterocycles. The summed E-state index contributed by atoms with van der Waals surface area (Å²) in [7, 11) is 3.61. The fourth-order valence-electron chi connectivity index (χ4n) is 3.65. The molecule has 2 nitrogen and oxygen atoms in total. The first kappa shape index (κ1) is 16.9. The Balaban J connectivity index is 2.39. The van der Waals surface area contributed by atoms with Gasteiger partial charge in [0, 0.05) is 17.1 Å². The molecule has 0 heterocycles. The first-order valence-corrected chi connectivity index (χ1v) is 8.36. The molecule has 4 heteroatoms. The van der Waals surface area contributed by atoms with E-state index in [4.69, 9.17) is 27.9 Å². The van der Waals surface area contributed by atoms with Crippen molar-refractivity contribution in [3.05, 3.63) is 27.7 Å². The second-order valence-electron chi connectivity index (χ2n) is 6.62. The number of hydrogen-bond donors (Lipinski definition) is 1. The van der Waals surface area contributed by atoms with Gasteiger partial charge in [0.25, 0.3) is 0 Å².